The number of nitrogens with zero attached hydrogens (tertiary/aromatic N) is 2. The van der Waals surface area contributed by atoms with Crippen LogP contribution in [0.15, 0.2) is 49.1 Å². The topological polar surface area (TPSA) is 37.8 Å². The number of rotatable bonds is 5. The standard InChI is InChI=1S/C14H17N3/c1-12(14-5-3-8-16-11-14)17-9-6-13-4-2-7-15-10-13/h2-5,7-8,10-12,17H,6,9H2,1H3/t12-/m0/s1. The summed E-state index contributed by atoms with van der Waals surface area (Å²) in [6.07, 6.45) is 8.41. The van der Waals surface area contributed by atoms with Crippen LogP contribution in [0.25, 0.3) is 0 Å². The first-order valence-corrected chi connectivity index (χ1v) is 5.88. The molecule has 0 aromatic carbocycles. The van der Waals surface area contributed by atoms with Crippen molar-refractivity contribution in [3.8, 4) is 0 Å². The summed E-state index contributed by atoms with van der Waals surface area (Å²) in [6.45, 7) is 3.10. The zero-order chi connectivity index (χ0) is 11.9. The highest BCUT2D eigenvalue weighted by atomic mass is 14.9. The minimum absolute atomic E-state index is 0.334. The Morgan fingerprint density at radius 1 is 1.12 bits per heavy atom. The number of hydrogen-bond acceptors (Lipinski definition) is 3. The van der Waals surface area contributed by atoms with Crippen LogP contribution in [0.3, 0.4) is 0 Å². The van der Waals surface area contributed by atoms with E-state index in [0.717, 1.165) is 13.0 Å². The molecule has 0 radical (unpaired) electrons. The monoisotopic (exact) mass is 227 g/mol. The van der Waals surface area contributed by atoms with Gasteiger partial charge in [-0.15, -0.1) is 0 Å². The van der Waals surface area contributed by atoms with Gasteiger partial charge in [0.1, 0.15) is 0 Å². The second kappa shape index (κ2) is 6.11. The smallest absolute Gasteiger partial charge is 0.0315 e. The van der Waals surface area contributed by atoms with E-state index in [2.05, 4.69) is 34.3 Å². The summed E-state index contributed by atoms with van der Waals surface area (Å²) in [5.74, 6) is 0. The summed E-state index contributed by atoms with van der Waals surface area (Å²) >= 11 is 0. The van der Waals surface area contributed by atoms with E-state index in [0.29, 0.717) is 6.04 Å². The van der Waals surface area contributed by atoms with Gasteiger partial charge >= 0.3 is 0 Å². The van der Waals surface area contributed by atoms with E-state index in [1.54, 1.807) is 12.4 Å². The molecule has 0 aliphatic rings. The van der Waals surface area contributed by atoms with Crippen molar-refractivity contribution in [1.82, 2.24) is 15.3 Å². The maximum atomic E-state index is 4.12. The van der Waals surface area contributed by atoms with E-state index >= 15 is 0 Å². The van der Waals surface area contributed by atoms with Crippen LogP contribution in [0, 0.1) is 0 Å². The Balaban J connectivity index is 1.79. The normalized spacial score (nSPS) is 12.3. The highest BCUT2D eigenvalue weighted by molar-refractivity contribution is 5.13. The minimum Gasteiger partial charge on any atom is -0.310 e. The molecule has 2 heterocycles. The third-order valence-corrected chi connectivity index (χ3v) is 2.77. The van der Waals surface area contributed by atoms with Crippen LogP contribution in [0.2, 0.25) is 0 Å². The van der Waals surface area contributed by atoms with E-state index in [1.807, 2.05) is 24.5 Å². The summed E-state index contributed by atoms with van der Waals surface area (Å²) in [6, 6.07) is 8.47. The fourth-order valence-corrected chi connectivity index (χ4v) is 1.73. The second-order valence-corrected chi connectivity index (χ2v) is 4.07. The third-order valence-electron chi connectivity index (χ3n) is 2.77. The summed E-state index contributed by atoms with van der Waals surface area (Å²) in [5.41, 5.74) is 2.48. The predicted octanol–water partition coefficient (Wildman–Crippen LogP) is 2.37. The van der Waals surface area contributed by atoms with Crippen LogP contribution in [-0.4, -0.2) is 16.5 Å². The molecular weight excluding hydrogens is 210 g/mol. The van der Waals surface area contributed by atoms with Gasteiger partial charge in [-0.1, -0.05) is 12.1 Å². The molecule has 0 saturated carbocycles. The number of nitrogens with one attached hydrogen (secondary N) is 1. The van der Waals surface area contributed by atoms with Crippen LogP contribution in [0.1, 0.15) is 24.1 Å². The second-order valence-electron chi connectivity index (χ2n) is 4.07. The van der Waals surface area contributed by atoms with Crippen molar-refractivity contribution < 1.29 is 0 Å². The molecule has 3 heteroatoms. The molecule has 0 aliphatic carbocycles. The zero-order valence-corrected chi connectivity index (χ0v) is 10.0. The maximum Gasteiger partial charge on any atom is 0.0315 e. The Kier molecular flexibility index (Phi) is 4.22. The Morgan fingerprint density at radius 2 is 1.88 bits per heavy atom. The van der Waals surface area contributed by atoms with E-state index in [-0.39, 0.29) is 0 Å². The Hall–Kier alpha value is -1.74. The summed E-state index contributed by atoms with van der Waals surface area (Å²) in [4.78, 5) is 8.22. The van der Waals surface area contributed by atoms with Crippen molar-refractivity contribution in [2.45, 2.75) is 19.4 Å². The largest absolute Gasteiger partial charge is 0.310 e. The summed E-state index contributed by atoms with van der Waals surface area (Å²) < 4.78 is 0. The first-order chi connectivity index (χ1) is 8.36. The van der Waals surface area contributed by atoms with Crippen molar-refractivity contribution in [3.05, 3.63) is 60.2 Å². The van der Waals surface area contributed by atoms with Gasteiger partial charge in [-0.2, -0.15) is 0 Å². The molecule has 17 heavy (non-hydrogen) atoms. The van der Waals surface area contributed by atoms with Crippen molar-refractivity contribution in [2.75, 3.05) is 6.54 Å². The van der Waals surface area contributed by atoms with Crippen molar-refractivity contribution in [1.29, 1.82) is 0 Å². The predicted molar refractivity (Wildman–Crippen MR) is 68.6 cm³/mol. The van der Waals surface area contributed by atoms with Crippen molar-refractivity contribution >= 4 is 0 Å². The molecule has 2 rings (SSSR count). The average Bonchev–Trinajstić information content (AvgIpc) is 2.41. The highest BCUT2D eigenvalue weighted by Gasteiger charge is 2.03. The molecule has 0 bridgehead atoms. The van der Waals surface area contributed by atoms with E-state index in [4.69, 9.17) is 0 Å². The Morgan fingerprint density at radius 3 is 2.53 bits per heavy atom. The molecule has 1 N–H and O–H groups in total. The quantitative estimate of drug-likeness (QED) is 0.852. The van der Waals surface area contributed by atoms with Gasteiger partial charge in [0, 0.05) is 30.8 Å². The lowest BCUT2D eigenvalue weighted by Gasteiger charge is -2.13. The van der Waals surface area contributed by atoms with E-state index in [1.165, 1.54) is 11.1 Å². The molecule has 1 atom stereocenters. The van der Waals surface area contributed by atoms with Crippen molar-refractivity contribution in [3.63, 3.8) is 0 Å². The lowest BCUT2D eigenvalue weighted by Crippen LogP contribution is -2.21. The number of aromatic nitrogens is 2. The molecule has 2 aromatic rings. The fourth-order valence-electron chi connectivity index (χ4n) is 1.73. The number of pyridine rings is 2. The molecule has 0 amide bonds. The molecule has 0 saturated heterocycles. The minimum atomic E-state index is 0.334. The van der Waals surface area contributed by atoms with Gasteiger partial charge < -0.3 is 5.32 Å². The van der Waals surface area contributed by atoms with Crippen LogP contribution in [0.4, 0.5) is 0 Å². The molecular formula is C14H17N3. The van der Waals surface area contributed by atoms with Crippen LogP contribution in [0.5, 0.6) is 0 Å². The molecule has 0 unspecified atom stereocenters. The molecule has 88 valence electrons. The molecule has 0 aliphatic heterocycles. The van der Waals surface area contributed by atoms with Gasteiger partial charge in [0.05, 0.1) is 0 Å². The zero-order valence-electron chi connectivity index (χ0n) is 10.0. The third kappa shape index (κ3) is 3.64. The summed E-state index contributed by atoms with van der Waals surface area (Å²) in [5, 5.41) is 3.48. The molecule has 0 spiro atoms. The van der Waals surface area contributed by atoms with Crippen molar-refractivity contribution in [2.24, 2.45) is 0 Å². The lowest BCUT2D eigenvalue weighted by atomic mass is 10.1. The number of hydrogen-bond donors (Lipinski definition) is 1. The SMILES string of the molecule is C[C@H](NCCc1cccnc1)c1cccnc1. The van der Waals surface area contributed by atoms with Crippen LogP contribution < -0.4 is 5.32 Å². The van der Waals surface area contributed by atoms with E-state index in [9.17, 15) is 0 Å². The first kappa shape index (κ1) is 11.7. The lowest BCUT2D eigenvalue weighted by molar-refractivity contribution is 0.575. The van der Waals surface area contributed by atoms with Crippen LogP contribution >= 0.6 is 0 Å². The van der Waals surface area contributed by atoms with Crippen LogP contribution in [-0.2, 0) is 6.42 Å². The summed E-state index contributed by atoms with van der Waals surface area (Å²) in [7, 11) is 0. The Labute approximate surface area is 102 Å². The molecule has 3 nitrogen and oxygen atoms in total. The molecule has 2 aromatic heterocycles. The van der Waals surface area contributed by atoms with Gasteiger partial charge in [0.15, 0.2) is 0 Å². The molecule has 0 fully saturated rings. The Bertz CT molecular complexity index is 428. The van der Waals surface area contributed by atoms with Gasteiger partial charge in [0.2, 0.25) is 0 Å². The average molecular weight is 227 g/mol. The highest BCUT2D eigenvalue weighted by Crippen LogP contribution is 2.09. The van der Waals surface area contributed by atoms with Gasteiger partial charge in [-0.3, -0.25) is 9.97 Å². The fraction of sp³-hybridized carbons (Fsp3) is 0.286. The first-order valence-electron chi connectivity index (χ1n) is 5.88. The van der Waals surface area contributed by atoms with Gasteiger partial charge in [-0.05, 0) is 43.1 Å². The van der Waals surface area contributed by atoms with E-state index < -0.39 is 0 Å². The van der Waals surface area contributed by atoms with Gasteiger partial charge in [0.25, 0.3) is 0 Å². The maximum absolute atomic E-state index is 4.12. The van der Waals surface area contributed by atoms with Gasteiger partial charge in [-0.25, -0.2) is 0 Å².